The number of aromatic nitrogens is 1. The van der Waals surface area contributed by atoms with Crippen LogP contribution < -0.4 is 15.2 Å². The SMILES string of the molecule is CC(C)Oc1cc(C(F)(F)F)c2c(OC[C@@H](C)N)c(Br)ccc2n1. The predicted octanol–water partition coefficient (Wildman–Crippen LogP) is 4.53. The Hall–Kier alpha value is -1.54. The van der Waals surface area contributed by atoms with Crippen molar-refractivity contribution in [1.29, 1.82) is 0 Å². The normalized spacial score (nSPS) is 13.4. The molecule has 1 heterocycles. The highest BCUT2D eigenvalue weighted by atomic mass is 79.9. The Kier molecular flexibility index (Phi) is 5.59. The summed E-state index contributed by atoms with van der Waals surface area (Å²) < 4.78 is 52.0. The highest BCUT2D eigenvalue weighted by molar-refractivity contribution is 9.10. The second-order valence-corrected chi connectivity index (χ2v) is 6.59. The minimum absolute atomic E-state index is 0.0701. The van der Waals surface area contributed by atoms with Crippen molar-refractivity contribution in [3.63, 3.8) is 0 Å². The van der Waals surface area contributed by atoms with E-state index in [1.54, 1.807) is 26.8 Å². The van der Waals surface area contributed by atoms with Crippen LogP contribution in [0.1, 0.15) is 26.3 Å². The van der Waals surface area contributed by atoms with Gasteiger partial charge in [0.05, 0.1) is 27.0 Å². The van der Waals surface area contributed by atoms with E-state index in [1.807, 2.05) is 0 Å². The maximum absolute atomic E-state index is 13.6. The van der Waals surface area contributed by atoms with Gasteiger partial charge < -0.3 is 15.2 Å². The third kappa shape index (κ3) is 4.30. The van der Waals surface area contributed by atoms with Crippen LogP contribution in [0.5, 0.6) is 11.6 Å². The summed E-state index contributed by atoms with van der Waals surface area (Å²) in [6, 6.07) is 3.65. The standard InChI is InChI=1S/C16H18BrF3N2O2/c1-8(2)24-13-6-10(16(18,19)20)14-12(22-13)5-4-11(17)15(14)23-7-9(3)21/h4-6,8-9H,7,21H2,1-3H3/t9-/m1/s1. The first-order valence-electron chi connectivity index (χ1n) is 7.35. The van der Waals surface area contributed by atoms with Crippen molar-refractivity contribution in [2.24, 2.45) is 5.73 Å². The van der Waals surface area contributed by atoms with Gasteiger partial charge in [0.15, 0.2) is 0 Å². The molecule has 0 bridgehead atoms. The molecule has 8 heteroatoms. The molecular weight excluding hydrogens is 389 g/mol. The second-order valence-electron chi connectivity index (χ2n) is 5.73. The van der Waals surface area contributed by atoms with Gasteiger partial charge in [-0.15, -0.1) is 0 Å². The van der Waals surface area contributed by atoms with Crippen molar-refractivity contribution in [3.8, 4) is 11.6 Å². The largest absolute Gasteiger partial charge is 0.490 e. The number of pyridine rings is 1. The van der Waals surface area contributed by atoms with E-state index in [1.165, 1.54) is 6.07 Å². The van der Waals surface area contributed by atoms with E-state index >= 15 is 0 Å². The third-order valence-corrected chi connectivity index (χ3v) is 3.63. The molecule has 4 nitrogen and oxygen atoms in total. The lowest BCUT2D eigenvalue weighted by molar-refractivity contribution is -0.136. The molecule has 0 saturated heterocycles. The lowest BCUT2D eigenvalue weighted by Gasteiger charge is -2.18. The van der Waals surface area contributed by atoms with Crippen molar-refractivity contribution in [2.45, 2.75) is 39.1 Å². The van der Waals surface area contributed by atoms with Crippen LogP contribution in [0.3, 0.4) is 0 Å². The summed E-state index contributed by atoms with van der Waals surface area (Å²) in [6.45, 7) is 5.23. The molecule has 0 aliphatic carbocycles. The molecule has 24 heavy (non-hydrogen) atoms. The predicted molar refractivity (Wildman–Crippen MR) is 89.4 cm³/mol. The molecule has 0 radical (unpaired) electrons. The number of rotatable bonds is 5. The van der Waals surface area contributed by atoms with Crippen LogP contribution >= 0.6 is 15.9 Å². The van der Waals surface area contributed by atoms with Gasteiger partial charge >= 0.3 is 6.18 Å². The Morgan fingerprint density at radius 3 is 2.46 bits per heavy atom. The van der Waals surface area contributed by atoms with Gasteiger partial charge in [0, 0.05) is 12.1 Å². The van der Waals surface area contributed by atoms with Gasteiger partial charge in [0.25, 0.3) is 0 Å². The van der Waals surface area contributed by atoms with E-state index in [4.69, 9.17) is 15.2 Å². The summed E-state index contributed by atoms with van der Waals surface area (Å²) in [5.74, 6) is -0.00832. The average molecular weight is 407 g/mol. The van der Waals surface area contributed by atoms with Crippen molar-refractivity contribution < 1.29 is 22.6 Å². The Bertz CT molecular complexity index is 733. The Morgan fingerprint density at radius 1 is 1.25 bits per heavy atom. The molecule has 0 aliphatic heterocycles. The Morgan fingerprint density at radius 2 is 1.92 bits per heavy atom. The van der Waals surface area contributed by atoms with Gasteiger partial charge in [0.1, 0.15) is 12.4 Å². The van der Waals surface area contributed by atoms with E-state index < -0.39 is 11.7 Å². The van der Waals surface area contributed by atoms with Gasteiger partial charge in [-0.05, 0) is 48.8 Å². The van der Waals surface area contributed by atoms with Gasteiger partial charge in [-0.2, -0.15) is 13.2 Å². The maximum atomic E-state index is 13.6. The number of ether oxygens (including phenoxy) is 2. The van der Waals surface area contributed by atoms with Crippen molar-refractivity contribution >= 4 is 26.8 Å². The number of halogens is 4. The molecule has 1 aromatic carbocycles. The number of hydrogen-bond acceptors (Lipinski definition) is 4. The third-order valence-electron chi connectivity index (χ3n) is 3.01. The smallest absolute Gasteiger partial charge is 0.417 e. The van der Waals surface area contributed by atoms with Gasteiger partial charge in [-0.3, -0.25) is 0 Å². The number of alkyl halides is 3. The highest BCUT2D eigenvalue weighted by Gasteiger charge is 2.35. The number of nitrogens with zero attached hydrogens (tertiary/aromatic N) is 1. The first-order chi connectivity index (χ1) is 11.1. The minimum Gasteiger partial charge on any atom is -0.490 e. The summed E-state index contributed by atoms with van der Waals surface area (Å²) in [5.41, 5.74) is 4.92. The molecule has 0 unspecified atom stereocenters. The molecule has 1 atom stereocenters. The molecule has 2 rings (SSSR count). The Labute approximate surface area is 146 Å². The average Bonchev–Trinajstić information content (AvgIpc) is 2.43. The molecular formula is C16H18BrF3N2O2. The molecule has 0 fully saturated rings. The summed E-state index contributed by atoms with van der Waals surface area (Å²) in [6.07, 6.45) is -4.87. The lowest BCUT2D eigenvalue weighted by Crippen LogP contribution is -2.24. The van der Waals surface area contributed by atoms with E-state index in [9.17, 15) is 13.2 Å². The van der Waals surface area contributed by atoms with Crippen LogP contribution in [0.4, 0.5) is 13.2 Å². The van der Waals surface area contributed by atoms with Crippen LogP contribution in [-0.4, -0.2) is 23.7 Å². The highest BCUT2D eigenvalue weighted by Crippen LogP contribution is 2.43. The fourth-order valence-electron chi connectivity index (χ4n) is 2.13. The van der Waals surface area contributed by atoms with Crippen molar-refractivity contribution in [3.05, 3.63) is 28.2 Å². The zero-order valence-electron chi connectivity index (χ0n) is 13.4. The van der Waals surface area contributed by atoms with E-state index in [2.05, 4.69) is 20.9 Å². The van der Waals surface area contributed by atoms with Gasteiger partial charge in [0.2, 0.25) is 5.88 Å². The van der Waals surface area contributed by atoms with E-state index in [0.29, 0.717) is 4.47 Å². The summed E-state index contributed by atoms with van der Waals surface area (Å²) in [5, 5.41) is -0.117. The lowest BCUT2D eigenvalue weighted by atomic mass is 10.1. The fourth-order valence-corrected chi connectivity index (χ4v) is 2.57. The zero-order valence-corrected chi connectivity index (χ0v) is 15.0. The number of hydrogen-bond donors (Lipinski definition) is 1. The molecule has 132 valence electrons. The van der Waals surface area contributed by atoms with Crippen LogP contribution in [0.15, 0.2) is 22.7 Å². The Balaban J connectivity index is 2.71. The van der Waals surface area contributed by atoms with Crippen LogP contribution in [0.2, 0.25) is 0 Å². The number of nitrogens with two attached hydrogens (primary N) is 1. The molecule has 0 amide bonds. The van der Waals surface area contributed by atoms with Crippen LogP contribution in [-0.2, 0) is 6.18 Å². The minimum atomic E-state index is -4.58. The molecule has 2 N–H and O–H groups in total. The fraction of sp³-hybridized carbons (Fsp3) is 0.438. The van der Waals surface area contributed by atoms with E-state index in [-0.39, 0.29) is 41.3 Å². The first-order valence-corrected chi connectivity index (χ1v) is 8.14. The summed E-state index contributed by atoms with van der Waals surface area (Å²) in [4.78, 5) is 4.16. The number of fused-ring (bicyclic) bond motifs is 1. The molecule has 0 saturated carbocycles. The maximum Gasteiger partial charge on any atom is 0.417 e. The molecule has 2 aromatic rings. The molecule has 0 aliphatic rings. The van der Waals surface area contributed by atoms with Crippen LogP contribution in [0, 0.1) is 0 Å². The molecule has 0 spiro atoms. The number of benzene rings is 1. The molecule has 1 aromatic heterocycles. The first kappa shape index (κ1) is 18.8. The summed E-state index contributed by atoms with van der Waals surface area (Å²) in [7, 11) is 0. The summed E-state index contributed by atoms with van der Waals surface area (Å²) >= 11 is 3.24. The van der Waals surface area contributed by atoms with Gasteiger partial charge in [-0.25, -0.2) is 4.98 Å². The van der Waals surface area contributed by atoms with E-state index in [0.717, 1.165) is 6.07 Å². The quantitative estimate of drug-likeness (QED) is 0.792. The van der Waals surface area contributed by atoms with Crippen molar-refractivity contribution in [1.82, 2.24) is 4.98 Å². The monoisotopic (exact) mass is 406 g/mol. The van der Waals surface area contributed by atoms with Gasteiger partial charge in [-0.1, -0.05) is 0 Å². The topological polar surface area (TPSA) is 57.4 Å². The van der Waals surface area contributed by atoms with Crippen LogP contribution in [0.25, 0.3) is 10.9 Å². The van der Waals surface area contributed by atoms with Crippen molar-refractivity contribution in [2.75, 3.05) is 6.61 Å². The zero-order chi connectivity index (χ0) is 18.1. The second kappa shape index (κ2) is 7.14.